The summed E-state index contributed by atoms with van der Waals surface area (Å²) in [5.41, 5.74) is 2.48. The monoisotopic (exact) mass is 454 g/mol. The number of rotatable bonds is 5. The molecule has 0 spiro atoms. The zero-order valence-corrected chi connectivity index (χ0v) is 18.6. The molecule has 33 heavy (non-hydrogen) atoms. The molecule has 1 aliphatic rings. The molecule has 5 aromatic rings. The zero-order valence-electron chi connectivity index (χ0n) is 17.7. The van der Waals surface area contributed by atoms with Gasteiger partial charge in [-0.3, -0.25) is 9.36 Å². The van der Waals surface area contributed by atoms with E-state index in [4.69, 9.17) is 14.1 Å². The molecule has 8 heteroatoms. The maximum atomic E-state index is 13.9. The Morgan fingerprint density at radius 2 is 2.15 bits per heavy atom. The molecule has 0 N–H and O–H groups in total. The lowest BCUT2D eigenvalue weighted by molar-refractivity contribution is 0.414. The quantitative estimate of drug-likeness (QED) is 0.368. The summed E-state index contributed by atoms with van der Waals surface area (Å²) in [4.78, 5) is 23.5. The van der Waals surface area contributed by atoms with Gasteiger partial charge in [0.2, 0.25) is 0 Å². The second-order valence-electron chi connectivity index (χ2n) is 8.13. The van der Waals surface area contributed by atoms with E-state index in [-0.39, 0.29) is 12.1 Å². The van der Waals surface area contributed by atoms with Gasteiger partial charge in [0.1, 0.15) is 22.2 Å². The van der Waals surface area contributed by atoms with Crippen molar-refractivity contribution in [1.82, 2.24) is 14.5 Å². The van der Waals surface area contributed by atoms with Gasteiger partial charge in [-0.05, 0) is 54.7 Å². The summed E-state index contributed by atoms with van der Waals surface area (Å²) in [6.45, 7) is 0.223. The molecule has 7 nitrogen and oxygen atoms in total. The molecule has 0 atom stereocenters. The average molecular weight is 455 g/mol. The van der Waals surface area contributed by atoms with Crippen LogP contribution in [0.2, 0.25) is 0 Å². The van der Waals surface area contributed by atoms with Crippen molar-refractivity contribution in [2.45, 2.75) is 25.3 Å². The molecule has 1 fully saturated rings. The smallest absolute Gasteiger partial charge is 0.263 e. The number of aromatic nitrogens is 3. The van der Waals surface area contributed by atoms with Crippen molar-refractivity contribution in [3.05, 3.63) is 76.2 Å². The number of nitrogens with zero attached hydrogens (tertiary/aromatic N) is 4. The van der Waals surface area contributed by atoms with E-state index in [0.717, 1.165) is 39.8 Å². The first-order valence-corrected chi connectivity index (χ1v) is 11.4. The molecule has 1 saturated carbocycles. The van der Waals surface area contributed by atoms with Gasteiger partial charge in [0, 0.05) is 15.6 Å². The molecule has 3 heterocycles. The van der Waals surface area contributed by atoms with Crippen molar-refractivity contribution < 1.29 is 9.15 Å². The largest absolute Gasteiger partial charge is 0.497 e. The predicted molar refractivity (Wildman–Crippen MR) is 126 cm³/mol. The molecule has 1 aliphatic carbocycles. The van der Waals surface area contributed by atoms with E-state index in [2.05, 4.69) is 11.1 Å². The Labute approximate surface area is 192 Å². The number of fused-ring (bicyclic) bond motifs is 3. The summed E-state index contributed by atoms with van der Waals surface area (Å²) < 4.78 is 13.5. The van der Waals surface area contributed by atoms with Gasteiger partial charge in [0.25, 0.3) is 5.56 Å². The third-order valence-electron chi connectivity index (χ3n) is 6.04. The van der Waals surface area contributed by atoms with Gasteiger partial charge >= 0.3 is 0 Å². The van der Waals surface area contributed by atoms with Crippen molar-refractivity contribution in [3.8, 4) is 23.2 Å². The second-order valence-corrected chi connectivity index (χ2v) is 9.16. The van der Waals surface area contributed by atoms with Gasteiger partial charge in [-0.2, -0.15) is 5.26 Å². The van der Waals surface area contributed by atoms with Crippen molar-refractivity contribution in [2.24, 2.45) is 0 Å². The van der Waals surface area contributed by atoms with Gasteiger partial charge < -0.3 is 9.15 Å². The number of hydrogen-bond acceptors (Lipinski definition) is 7. The van der Waals surface area contributed by atoms with Crippen molar-refractivity contribution in [3.63, 3.8) is 0 Å². The molecule has 0 radical (unpaired) electrons. The van der Waals surface area contributed by atoms with Crippen LogP contribution in [-0.2, 0) is 6.54 Å². The first-order chi connectivity index (χ1) is 16.2. The van der Waals surface area contributed by atoms with Crippen molar-refractivity contribution >= 4 is 31.6 Å². The molecule has 0 unspecified atom stereocenters. The van der Waals surface area contributed by atoms with E-state index in [9.17, 15) is 10.1 Å². The number of hydrogen-bond donors (Lipinski definition) is 0. The lowest BCUT2D eigenvalue weighted by Gasteiger charge is -2.15. The van der Waals surface area contributed by atoms with Crippen LogP contribution >= 0.6 is 11.3 Å². The highest BCUT2D eigenvalue weighted by molar-refractivity contribution is 7.25. The average Bonchev–Trinajstić information content (AvgIpc) is 3.43. The molecule has 3 aromatic heterocycles. The van der Waals surface area contributed by atoms with Gasteiger partial charge in [-0.15, -0.1) is 11.3 Å². The standard InChI is InChI=1S/C25H18N4O3S/c1-31-16-5-7-18(20(9-16)15-3-4-15)23-28-24-22(19-6-2-14(10-26)8-21(19)33-24)25(30)29(23)12-17-11-27-13-32-17/h2,5-9,11,13,15H,3-4,12H2,1H3. The Balaban J connectivity index is 1.66. The van der Waals surface area contributed by atoms with E-state index in [1.807, 2.05) is 30.3 Å². The third-order valence-corrected chi connectivity index (χ3v) is 7.08. The molecule has 2 aromatic carbocycles. The molecule has 0 bridgehead atoms. The Hall–Kier alpha value is -3.96. The highest BCUT2D eigenvalue weighted by Gasteiger charge is 2.29. The lowest BCUT2D eigenvalue weighted by atomic mass is 10.0. The van der Waals surface area contributed by atoms with Crippen molar-refractivity contribution in [1.29, 1.82) is 5.26 Å². The number of oxazole rings is 1. The van der Waals surface area contributed by atoms with Gasteiger partial charge in [-0.25, -0.2) is 9.97 Å². The summed E-state index contributed by atoms with van der Waals surface area (Å²) in [6.07, 6.45) is 5.18. The van der Waals surface area contributed by atoms with Crippen molar-refractivity contribution in [2.75, 3.05) is 7.11 Å². The molecule has 162 valence electrons. The Morgan fingerprint density at radius 1 is 1.27 bits per heavy atom. The summed E-state index contributed by atoms with van der Waals surface area (Å²) in [6, 6.07) is 13.5. The van der Waals surface area contributed by atoms with E-state index >= 15 is 0 Å². The first-order valence-electron chi connectivity index (χ1n) is 10.6. The Morgan fingerprint density at radius 3 is 2.88 bits per heavy atom. The maximum Gasteiger partial charge on any atom is 0.263 e. The minimum absolute atomic E-state index is 0.139. The molecule has 0 saturated heterocycles. The number of thiophene rings is 1. The van der Waals surface area contributed by atoms with E-state index in [0.29, 0.717) is 33.3 Å². The van der Waals surface area contributed by atoms with Crippen LogP contribution in [0, 0.1) is 11.3 Å². The summed E-state index contributed by atoms with van der Waals surface area (Å²) in [5.74, 6) is 2.39. The number of ether oxygens (including phenoxy) is 1. The normalized spacial score (nSPS) is 13.5. The topological polar surface area (TPSA) is 93.9 Å². The Bertz CT molecular complexity index is 1620. The van der Waals surface area contributed by atoms with E-state index in [1.54, 1.807) is 23.9 Å². The fraction of sp³-hybridized carbons (Fsp3) is 0.200. The zero-order chi connectivity index (χ0) is 22.5. The second kappa shape index (κ2) is 7.57. The van der Waals surface area contributed by atoms with Crippen LogP contribution in [0.4, 0.5) is 0 Å². The molecular formula is C25H18N4O3S. The fourth-order valence-electron chi connectivity index (χ4n) is 4.26. The predicted octanol–water partition coefficient (Wildman–Crippen LogP) is 5.07. The lowest BCUT2D eigenvalue weighted by Crippen LogP contribution is -2.24. The highest BCUT2D eigenvalue weighted by Crippen LogP contribution is 2.45. The van der Waals surface area contributed by atoms with Gasteiger partial charge in [0.05, 0.1) is 36.9 Å². The minimum Gasteiger partial charge on any atom is -0.497 e. The molecule has 6 rings (SSSR count). The third kappa shape index (κ3) is 3.29. The van der Waals surface area contributed by atoms with Gasteiger partial charge in [-0.1, -0.05) is 6.07 Å². The van der Waals surface area contributed by atoms with E-state index in [1.165, 1.54) is 17.7 Å². The van der Waals surface area contributed by atoms with Crippen LogP contribution in [-0.4, -0.2) is 21.6 Å². The minimum atomic E-state index is -0.139. The maximum absolute atomic E-state index is 13.9. The number of methoxy groups -OCH3 is 1. The number of nitriles is 1. The SMILES string of the molecule is COc1ccc(-c2nc3sc4cc(C#N)ccc4c3c(=O)n2Cc2cnco2)c(C2CC2)c1. The van der Waals surface area contributed by atoms with Crippen LogP contribution in [0.15, 0.2) is 58.2 Å². The number of benzene rings is 2. The Kier molecular flexibility index (Phi) is 4.52. The van der Waals surface area contributed by atoms with Crippen LogP contribution in [0.5, 0.6) is 5.75 Å². The molecule has 0 amide bonds. The van der Waals surface area contributed by atoms with Crippen LogP contribution in [0.25, 0.3) is 31.7 Å². The summed E-state index contributed by atoms with van der Waals surface area (Å²) >= 11 is 1.43. The summed E-state index contributed by atoms with van der Waals surface area (Å²) in [7, 11) is 1.66. The molecule has 0 aliphatic heterocycles. The highest BCUT2D eigenvalue weighted by atomic mass is 32.1. The first kappa shape index (κ1) is 19.7. The van der Waals surface area contributed by atoms with Crippen LogP contribution in [0.1, 0.15) is 35.6 Å². The van der Waals surface area contributed by atoms with Crippen LogP contribution in [0.3, 0.4) is 0 Å². The van der Waals surface area contributed by atoms with Gasteiger partial charge in [0.15, 0.2) is 6.39 Å². The summed E-state index contributed by atoms with van der Waals surface area (Å²) in [5, 5.41) is 10.7. The molecular weight excluding hydrogens is 436 g/mol. The van der Waals surface area contributed by atoms with Crippen LogP contribution < -0.4 is 10.3 Å². The van der Waals surface area contributed by atoms with E-state index < -0.39 is 0 Å². The fourth-order valence-corrected chi connectivity index (χ4v) is 5.36.